The smallest absolute Gasteiger partial charge is 0.224 e. The first kappa shape index (κ1) is 14.9. The monoisotopic (exact) mass is 356 g/mol. The molecule has 0 radical (unpaired) electrons. The van der Waals surface area contributed by atoms with Crippen molar-refractivity contribution in [1.29, 1.82) is 0 Å². The van der Waals surface area contributed by atoms with Gasteiger partial charge >= 0.3 is 0 Å². The second-order valence-electron chi connectivity index (χ2n) is 5.37. The van der Waals surface area contributed by atoms with Gasteiger partial charge in [0.25, 0.3) is 0 Å². The van der Waals surface area contributed by atoms with Crippen LogP contribution in [0.2, 0.25) is 0 Å². The summed E-state index contributed by atoms with van der Waals surface area (Å²) in [5.41, 5.74) is 4.23. The van der Waals surface area contributed by atoms with Crippen molar-refractivity contribution in [3.8, 4) is 0 Å². The van der Waals surface area contributed by atoms with Crippen molar-refractivity contribution in [3.05, 3.63) is 64.3 Å². The first-order valence-electron chi connectivity index (χ1n) is 7.24. The second-order valence-corrected chi connectivity index (χ2v) is 6.23. The van der Waals surface area contributed by atoms with Crippen LogP contribution in [-0.2, 0) is 11.2 Å². The zero-order chi connectivity index (χ0) is 15.5. The highest BCUT2D eigenvalue weighted by Crippen LogP contribution is 2.21. The number of aryl methyl sites for hydroxylation is 2. The number of hydrogen-bond donors (Lipinski definition) is 2. The van der Waals surface area contributed by atoms with Gasteiger partial charge in [0.15, 0.2) is 0 Å². The Balaban J connectivity index is 1.63. The molecule has 0 aliphatic heterocycles. The van der Waals surface area contributed by atoms with E-state index in [1.165, 1.54) is 10.9 Å². The maximum Gasteiger partial charge on any atom is 0.224 e. The highest BCUT2D eigenvalue weighted by atomic mass is 79.9. The van der Waals surface area contributed by atoms with Crippen molar-refractivity contribution >= 4 is 38.4 Å². The molecule has 2 aromatic carbocycles. The summed E-state index contributed by atoms with van der Waals surface area (Å²) in [4.78, 5) is 15.3. The molecule has 0 saturated carbocycles. The Labute approximate surface area is 137 Å². The number of aromatic nitrogens is 1. The van der Waals surface area contributed by atoms with Gasteiger partial charge in [0.05, 0.1) is 0 Å². The van der Waals surface area contributed by atoms with Crippen molar-refractivity contribution in [2.24, 2.45) is 0 Å². The van der Waals surface area contributed by atoms with E-state index in [-0.39, 0.29) is 5.91 Å². The lowest BCUT2D eigenvalue weighted by Gasteiger charge is -2.07. The van der Waals surface area contributed by atoms with Crippen LogP contribution < -0.4 is 5.32 Å². The number of H-pyrrole nitrogens is 1. The first-order valence-corrected chi connectivity index (χ1v) is 8.04. The third-order valence-electron chi connectivity index (χ3n) is 3.74. The van der Waals surface area contributed by atoms with E-state index >= 15 is 0 Å². The molecule has 0 spiro atoms. The van der Waals surface area contributed by atoms with Crippen molar-refractivity contribution < 1.29 is 4.79 Å². The van der Waals surface area contributed by atoms with Crippen molar-refractivity contribution in [2.45, 2.75) is 19.8 Å². The van der Waals surface area contributed by atoms with E-state index in [9.17, 15) is 4.79 Å². The van der Waals surface area contributed by atoms with Gasteiger partial charge in [-0.05, 0) is 48.7 Å². The molecule has 0 atom stereocenters. The number of amides is 1. The molecule has 3 rings (SSSR count). The lowest BCUT2D eigenvalue weighted by atomic mass is 10.1. The zero-order valence-electron chi connectivity index (χ0n) is 12.3. The zero-order valence-corrected chi connectivity index (χ0v) is 13.9. The molecule has 0 aliphatic rings. The van der Waals surface area contributed by atoms with Gasteiger partial charge in [-0.3, -0.25) is 4.79 Å². The van der Waals surface area contributed by atoms with Crippen LogP contribution in [0.3, 0.4) is 0 Å². The molecular weight excluding hydrogens is 340 g/mol. The molecule has 4 heteroatoms. The minimum absolute atomic E-state index is 0.0343. The third kappa shape index (κ3) is 3.22. The van der Waals surface area contributed by atoms with Gasteiger partial charge in [-0.1, -0.05) is 34.1 Å². The Hall–Kier alpha value is -2.07. The van der Waals surface area contributed by atoms with Gasteiger partial charge in [-0.2, -0.15) is 0 Å². The van der Waals surface area contributed by atoms with Crippen LogP contribution in [0, 0.1) is 6.92 Å². The molecule has 1 amide bonds. The van der Waals surface area contributed by atoms with Gasteiger partial charge in [0, 0.05) is 33.7 Å². The fraction of sp³-hybridized carbons (Fsp3) is 0.167. The van der Waals surface area contributed by atoms with Crippen LogP contribution in [0.4, 0.5) is 5.69 Å². The standard InChI is InChI=1S/C18H17BrN2O/c1-12-10-14(7-8-16(12)19)21-18(22)9-6-13-11-20-17-5-3-2-4-15(13)17/h2-5,7-8,10-11,20H,6,9H2,1H3,(H,21,22). The second kappa shape index (κ2) is 6.36. The fourth-order valence-electron chi connectivity index (χ4n) is 2.53. The number of halogens is 1. The quantitative estimate of drug-likeness (QED) is 0.692. The van der Waals surface area contributed by atoms with E-state index in [0.717, 1.165) is 27.7 Å². The minimum Gasteiger partial charge on any atom is -0.361 e. The molecule has 0 bridgehead atoms. The lowest BCUT2D eigenvalue weighted by Crippen LogP contribution is -2.12. The SMILES string of the molecule is Cc1cc(NC(=O)CCc2c[nH]c3ccccc23)ccc1Br. The molecule has 22 heavy (non-hydrogen) atoms. The third-order valence-corrected chi connectivity index (χ3v) is 4.63. The van der Waals surface area contributed by atoms with Crippen molar-refractivity contribution in [3.63, 3.8) is 0 Å². The largest absolute Gasteiger partial charge is 0.361 e. The summed E-state index contributed by atoms with van der Waals surface area (Å²) in [7, 11) is 0. The highest BCUT2D eigenvalue weighted by molar-refractivity contribution is 9.10. The Morgan fingerprint density at radius 2 is 2.05 bits per heavy atom. The molecule has 3 aromatic rings. The summed E-state index contributed by atoms with van der Waals surface area (Å²) >= 11 is 3.46. The summed E-state index contributed by atoms with van der Waals surface area (Å²) in [5.74, 6) is 0.0343. The minimum atomic E-state index is 0.0343. The fourth-order valence-corrected chi connectivity index (χ4v) is 2.78. The predicted molar refractivity (Wildman–Crippen MR) is 94.1 cm³/mol. The number of hydrogen-bond acceptors (Lipinski definition) is 1. The summed E-state index contributed by atoms with van der Waals surface area (Å²) < 4.78 is 1.05. The van der Waals surface area contributed by atoms with Gasteiger partial charge < -0.3 is 10.3 Å². The number of rotatable bonds is 4. The van der Waals surface area contributed by atoms with Crippen LogP contribution in [0.5, 0.6) is 0 Å². The number of fused-ring (bicyclic) bond motifs is 1. The summed E-state index contributed by atoms with van der Waals surface area (Å²) in [6.07, 6.45) is 3.18. The van der Waals surface area contributed by atoms with Crippen LogP contribution in [0.15, 0.2) is 53.1 Å². The Morgan fingerprint density at radius 1 is 1.23 bits per heavy atom. The molecule has 0 unspecified atom stereocenters. The number of aromatic amines is 1. The maximum absolute atomic E-state index is 12.1. The normalized spacial score (nSPS) is 10.8. The highest BCUT2D eigenvalue weighted by Gasteiger charge is 2.07. The van der Waals surface area contributed by atoms with Crippen LogP contribution in [-0.4, -0.2) is 10.9 Å². The van der Waals surface area contributed by atoms with E-state index in [2.05, 4.69) is 32.3 Å². The molecule has 0 saturated heterocycles. The van der Waals surface area contributed by atoms with E-state index in [1.807, 2.05) is 49.5 Å². The van der Waals surface area contributed by atoms with E-state index in [1.54, 1.807) is 0 Å². The van der Waals surface area contributed by atoms with Crippen molar-refractivity contribution in [1.82, 2.24) is 4.98 Å². The molecule has 3 nitrogen and oxygen atoms in total. The van der Waals surface area contributed by atoms with E-state index in [4.69, 9.17) is 0 Å². The average molecular weight is 357 g/mol. The number of anilines is 1. The van der Waals surface area contributed by atoms with Gasteiger partial charge in [-0.25, -0.2) is 0 Å². The van der Waals surface area contributed by atoms with Gasteiger partial charge in [0.2, 0.25) is 5.91 Å². The molecular formula is C18H17BrN2O. The number of carbonyl (C=O) groups is 1. The predicted octanol–water partition coefficient (Wildman–Crippen LogP) is 4.81. The number of nitrogens with one attached hydrogen (secondary N) is 2. The molecule has 112 valence electrons. The number of benzene rings is 2. The lowest BCUT2D eigenvalue weighted by molar-refractivity contribution is -0.116. The number of para-hydroxylation sites is 1. The molecule has 1 heterocycles. The Kier molecular flexibility index (Phi) is 4.29. The maximum atomic E-state index is 12.1. The summed E-state index contributed by atoms with van der Waals surface area (Å²) in [5, 5.41) is 4.14. The Bertz CT molecular complexity index is 823. The van der Waals surface area contributed by atoms with Gasteiger partial charge in [0.1, 0.15) is 0 Å². The van der Waals surface area contributed by atoms with Crippen LogP contribution in [0.1, 0.15) is 17.5 Å². The van der Waals surface area contributed by atoms with Crippen molar-refractivity contribution in [2.75, 3.05) is 5.32 Å². The van der Waals surface area contributed by atoms with Gasteiger partial charge in [-0.15, -0.1) is 0 Å². The summed E-state index contributed by atoms with van der Waals surface area (Å²) in [6.45, 7) is 2.01. The Morgan fingerprint density at radius 3 is 2.86 bits per heavy atom. The van der Waals surface area contributed by atoms with E-state index < -0.39 is 0 Å². The molecule has 0 fully saturated rings. The summed E-state index contributed by atoms with van der Waals surface area (Å²) in [6, 6.07) is 14.0. The van der Waals surface area contributed by atoms with Crippen LogP contribution >= 0.6 is 15.9 Å². The molecule has 2 N–H and O–H groups in total. The first-order chi connectivity index (χ1) is 10.6. The van der Waals surface area contributed by atoms with E-state index in [0.29, 0.717) is 6.42 Å². The topological polar surface area (TPSA) is 44.9 Å². The molecule has 1 aromatic heterocycles. The number of carbonyl (C=O) groups excluding carboxylic acids is 1. The van der Waals surface area contributed by atoms with Crippen LogP contribution in [0.25, 0.3) is 10.9 Å². The average Bonchev–Trinajstić information content (AvgIpc) is 2.92. The molecule has 0 aliphatic carbocycles.